The molecular weight excluding hydrogens is 264 g/mol. The average molecular weight is 284 g/mol. The monoisotopic (exact) mass is 284 g/mol. The second-order valence-corrected chi connectivity index (χ2v) is 6.90. The molecule has 3 rings (SSSR count). The van der Waals surface area contributed by atoms with Gasteiger partial charge in [-0.15, -0.1) is 11.3 Å². The second-order valence-electron chi connectivity index (χ2n) is 5.77. The number of ketones is 1. The van der Waals surface area contributed by atoms with Gasteiger partial charge >= 0.3 is 0 Å². The summed E-state index contributed by atoms with van der Waals surface area (Å²) in [5.41, 5.74) is 4.56. The molecule has 0 saturated carbocycles. The standard InChI is InChI=1S/C18H20OS/c1-12-8-9-15(13(2)10-12)18(19)17-11-14-6-4-3-5-7-16(14)20-17/h8-11H,3-7H2,1-2H3. The van der Waals surface area contributed by atoms with Crippen LogP contribution < -0.4 is 0 Å². The van der Waals surface area contributed by atoms with Crippen molar-refractivity contribution in [2.24, 2.45) is 0 Å². The van der Waals surface area contributed by atoms with Gasteiger partial charge in [-0.3, -0.25) is 4.79 Å². The van der Waals surface area contributed by atoms with E-state index in [1.807, 2.05) is 19.1 Å². The third-order valence-electron chi connectivity index (χ3n) is 4.10. The molecule has 104 valence electrons. The summed E-state index contributed by atoms with van der Waals surface area (Å²) in [6, 6.07) is 8.23. The number of carbonyl (C=O) groups is 1. The SMILES string of the molecule is Cc1ccc(C(=O)c2cc3c(s2)CCCCC3)c(C)c1. The molecule has 0 amide bonds. The van der Waals surface area contributed by atoms with Crippen molar-refractivity contribution in [1.82, 2.24) is 0 Å². The van der Waals surface area contributed by atoms with Crippen molar-refractivity contribution in [2.75, 3.05) is 0 Å². The summed E-state index contributed by atoms with van der Waals surface area (Å²) in [7, 11) is 0. The lowest BCUT2D eigenvalue weighted by Crippen LogP contribution is -2.01. The smallest absolute Gasteiger partial charge is 0.203 e. The van der Waals surface area contributed by atoms with Crippen LogP contribution in [-0.2, 0) is 12.8 Å². The topological polar surface area (TPSA) is 17.1 Å². The van der Waals surface area contributed by atoms with Gasteiger partial charge < -0.3 is 0 Å². The fourth-order valence-electron chi connectivity index (χ4n) is 2.98. The first-order valence-electron chi connectivity index (χ1n) is 7.38. The maximum Gasteiger partial charge on any atom is 0.203 e. The zero-order chi connectivity index (χ0) is 14.1. The van der Waals surface area contributed by atoms with Gasteiger partial charge in [0.15, 0.2) is 0 Å². The van der Waals surface area contributed by atoms with Gasteiger partial charge in [0.25, 0.3) is 0 Å². The number of thiophene rings is 1. The molecule has 2 aromatic rings. The summed E-state index contributed by atoms with van der Waals surface area (Å²) < 4.78 is 0. The third-order valence-corrected chi connectivity index (χ3v) is 5.33. The van der Waals surface area contributed by atoms with E-state index in [0.717, 1.165) is 28.8 Å². The van der Waals surface area contributed by atoms with Crippen molar-refractivity contribution in [1.29, 1.82) is 0 Å². The summed E-state index contributed by atoms with van der Waals surface area (Å²) in [6.45, 7) is 4.09. The highest BCUT2D eigenvalue weighted by Crippen LogP contribution is 2.30. The fourth-order valence-corrected chi connectivity index (χ4v) is 4.19. The molecular formula is C18H20OS. The van der Waals surface area contributed by atoms with E-state index in [4.69, 9.17) is 0 Å². The number of fused-ring (bicyclic) bond motifs is 1. The van der Waals surface area contributed by atoms with Crippen LogP contribution in [0.15, 0.2) is 24.3 Å². The Hall–Kier alpha value is -1.41. The maximum absolute atomic E-state index is 12.7. The summed E-state index contributed by atoms with van der Waals surface area (Å²) in [5.74, 6) is 0.195. The Morgan fingerprint density at radius 2 is 1.85 bits per heavy atom. The van der Waals surface area contributed by atoms with E-state index in [1.165, 1.54) is 35.3 Å². The molecule has 0 N–H and O–H groups in total. The molecule has 1 aliphatic rings. The van der Waals surface area contributed by atoms with Crippen LogP contribution in [-0.4, -0.2) is 5.78 Å². The normalized spacial score (nSPS) is 14.7. The van der Waals surface area contributed by atoms with Gasteiger partial charge in [0.1, 0.15) is 0 Å². The largest absolute Gasteiger partial charge is 0.288 e. The quantitative estimate of drug-likeness (QED) is 0.568. The molecule has 20 heavy (non-hydrogen) atoms. The average Bonchev–Trinajstić information content (AvgIpc) is 2.69. The number of aryl methyl sites for hydroxylation is 4. The van der Waals surface area contributed by atoms with Gasteiger partial charge in [0.2, 0.25) is 5.78 Å². The van der Waals surface area contributed by atoms with Gasteiger partial charge in [-0.05, 0) is 56.7 Å². The zero-order valence-electron chi connectivity index (χ0n) is 12.2. The van der Waals surface area contributed by atoms with Crippen LogP contribution >= 0.6 is 11.3 Å². The highest BCUT2D eigenvalue weighted by Gasteiger charge is 2.18. The van der Waals surface area contributed by atoms with Crippen molar-refractivity contribution in [2.45, 2.75) is 46.0 Å². The minimum atomic E-state index is 0.195. The maximum atomic E-state index is 12.7. The number of rotatable bonds is 2. The van der Waals surface area contributed by atoms with Gasteiger partial charge in [-0.1, -0.05) is 30.2 Å². The van der Waals surface area contributed by atoms with Crippen LogP contribution in [0.25, 0.3) is 0 Å². The lowest BCUT2D eigenvalue weighted by atomic mass is 10.0. The number of benzene rings is 1. The Balaban J connectivity index is 1.94. The first kappa shape index (κ1) is 13.6. The van der Waals surface area contributed by atoms with E-state index >= 15 is 0 Å². The summed E-state index contributed by atoms with van der Waals surface area (Å²) >= 11 is 1.71. The molecule has 1 aliphatic carbocycles. The van der Waals surface area contributed by atoms with Crippen LogP contribution in [0.3, 0.4) is 0 Å². The molecule has 0 fully saturated rings. The first-order chi connectivity index (χ1) is 9.65. The Kier molecular flexibility index (Phi) is 3.75. The van der Waals surface area contributed by atoms with Crippen LogP contribution in [0.4, 0.5) is 0 Å². The summed E-state index contributed by atoms with van der Waals surface area (Å²) in [6.07, 6.45) is 6.15. The van der Waals surface area contributed by atoms with Crippen molar-refractivity contribution < 1.29 is 4.79 Å². The number of hydrogen-bond donors (Lipinski definition) is 0. The van der Waals surface area contributed by atoms with Gasteiger partial charge in [0.05, 0.1) is 4.88 Å². The molecule has 0 spiro atoms. The van der Waals surface area contributed by atoms with Crippen LogP contribution in [0.2, 0.25) is 0 Å². The minimum absolute atomic E-state index is 0.195. The minimum Gasteiger partial charge on any atom is -0.288 e. The highest BCUT2D eigenvalue weighted by molar-refractivity contribution is 7.14. The lowest BCUT2D eigenvalue weighted by Gasteiger charge is -2.04. The van der Waals surface area contributed by atoms with Crippen molar-refractivity contribution in [3.63, 3.8) is 0 Å². The predicted octanol–water partition coefficient (Wildman–Crippen LogP) is 4.86. The summed E-state index contributed by atoms with van der Waals surface area (Å²) in [4.78, 5) is 15.1. The van der Waals surface area contributed by atoms with Crippen LogP contribution in [0.1, 0.15) is 56.1 Å². The molecule has 0 unspecified atom stereocenters. The molecule has 0 atom stereocenters. The Labute approximate surface area is 124 Å². The molecule has 1 aromatic heterocycles. The second kappa shape index (κ2) is 5.53. The van der Waals surface area contributed by atoms with Crippen molar-refractivity contribution in [3.05, 3.63) is 56.3 Å². The van der Waals surface area contributed by atoms with E-state index in [0.29, 0.717) is 0 Å². The van der Waals surface area contributed by atoms with E-state index < -0.39 is 0 Å². The Morgan fingerprint density at radius 3 is 2.65 bits per heavy atom. The fraction of sp³-hybridized carbons (Fsp3) is 0.389. The van der Waals surface area contributed by atoms with E-state index in [2.05, 4.69) is 19.1 Å². The molecule has 1 heterocycles. The van der Waals surface area contributed by atoms with E-state index in [-0.39, 0.29) is 5.78 Å². The van der Waals surface area contributed by atoms with Gasteiger partial charge in [-0.25, -0.2) is 0 Å². The molecule has 0 aliphatic heterocycles. The molecule has 2 heteroatoms. The molecule has 0 saturated heterocycles. The summed E-state index contributed by atoms with van der Waals surface area (Å²) in [5, 5.41) is 0. The molecule has 1 nitrogen and oxygen atoms in total. The van der Waals surface area contributed by atoms with Crippen molar-refractivity contribution >= 4 is 17.1 Å². The molecule has 0 radical (unpaired) electrons. The van der Waals surface area contributed by atoms with Crippen LogP contribution in [0, 0.1) is 13.8 Å². The van der Waals surface area contributed by atoms with Gasteiger partial charge in [-0.2, -0.15) is 0 Å². The van der Waals surface area contributed by atoms with Crippen LogP contribution in [0.5, 0.6) is 0 Å². The lowest BCUT2D eigenvalue weighted by molar-refractivity contribution is 0.104. The van der Waals surface area contributed by atoms with Crippen molar-refractivity contribution in [3.8, 4) is 0 Å². The van der Waals surface area contributed by atoms with E-state index in [1.54, 1.807) is 11.3 Å². The molecule has 0 bridgehead atoms. The number of carbonyl (C=O) groups excluding carboxylic acids is 1. The highest BCUT2D eigenvalue weighted by atomic mass is 32.1. The predicted molar refractivity (Wildman–Crippen MR) is 84.9 cm³/mol. The Morgan fingerprint density at radius 1 is 1.05 bits per heavy atom. The zero-order valence-corrected chi connectivity index (χ0v) is 13.0. The van der Waals surface area contributed by atoms with Gasteiger partial charge in [0, 0.05) is 10.4 Å². The number of hydrogen-bond acceptors (Lipinski definition) is 2. The third kappa shape index (κ3) is 2.57. The Bertz CT molecular complexity index is 628. The molecule has 1 aromatic carbocycles. The first-order valence-corrected chi connectivity index (χ1v) is 8.20. The van der Waals surface area contributed by atoms with E-state index in [9.17, 15) is 4.79 Å².